The number of aryl methyl sites for hydroxylation is 1. The third-order valence-electron chi connectivity index (χ3n) is 6.14. The van der Waals surface area contributed by atoms with Crippen LogP contribution in [0.15, 0.2) is 44.5 Å². The lowest BCUT2D eigenvalue weighted by Crippen LogP contribution is -2.62. The number of nitrogens with zero attached hydrogens (tertiary/aromatic N) is 3. The van der Waals surface area contributed by atoms with E-state index in [4.69, 9.17) is 4.42 Å². The Balaban J connectivity index is 1.36. The van der Waals surface area contributed by atoms with Gasteiger partial charge in [-0.05, 0) is 31.0 Å². The molecule has 3 aliphatic rings. The van der Waals surface area contributed by atoms with Crippen molar-refractivity contribution in [2.24, 2.45) is 18.9 Å². The maximum atomic E-state index is 13.0. The molecule has 2 amide bonds. The van der Waals surface area contributed by atoms with Crippen molar-refractivity contribution in [2.75, 3.05) is 13.1 Å². The predicted octanol–water partition coefficient (Wildman–Crippen LogP) is 0.456. The number of allylic oxidation sites excluding steroid dienone is 2. The summed E-state index contributed by atoms with van der Waals surface area (Å²) in [5, 5.41) is 0. The molecule has 5 rings (SSSR count). The molecule has 0 N–H and O–H groups in total. The van der Waals surface area contributed by atoms with Gasteiger partial charge in [0.05, 0.1) is 28.3 Å². The molecule has 0 radical (unpaired) electrons. The van der Waals surface area contributed by atoms with E-state index in [0.717, 1.165) is 0 Å². The molecule has 152 valence electrons. The molecule has 3 heterocycles. The number of sulfonamides is 1. The lowest BCUT2D eigenvalue weighted by molar-refractivity contribution is -0.145. The van der Waals surface area contributed by atoms with Gasteiger partial charge in [-0.1, -0.05) is 12.2 Å². The summed E-state index contributed by atoms with van der Waals surface area (Å²) >= 11 is 0. The first-order valence-electron chi connectivity index (χ1n) is 9.40. The Morgan fingerprint density at radius 3 is 2.24 bits per heavy atom. The third kappa shape index (κ3) is 2.55. The van der Waals surface area contributed by atoms with Crippen molar-refractivity contribution in [2.45, 2.75) is 23.8 Å². The standard InChI is InChI=1S/C19H19N3O6S/c1-20-15-8-12(6-7-16(15)28-19(20)25)29(26,27)21-9-11(10-21)22-17(23)13-4-2-3-5-14(13)18(22)24/h2-3,6-8,11,13-14H,4-5,9-10H2,1H3/t13-,14-/m0/s1. The summed E-state index contributed by atoms with van der Waals surface area (Å²) in [7, 11) is -2.31. The number of benzene rings is 1. The highest BCUT2D eigenvalue weighted by Gasteiger charge is 2.53. The second-order valence-corrected chi connectivity index (χ2v) is 9.67. The smallest absolute Gasteiger partial charge is 0.408 e. The molecule has 0 saturated carbocycles. The summed E-state index contributed by atoms with van der Waals surface area (Å²) < 4.78 is 33.4. The van der Waals surface area contributed by atoms with E-state index in [1.807, 2.05) is 12.2 Å². The normalized spacial score (nSPS) is 25.6. The highest BCUT2D eigenvalue weighted by atomic mass is 32.2. The summed E-state index contributed by atoms with van der Waals surface area (Å²) in [5.41, 5.74) is 0.692. The Morgan fingerprint density at radius 2 is 1.62 bits per heavy atom. The summed E-state index contributed by atoms with van der Waals surface area (Å²) in [5.74, 6) is -1.59. The minimum atomic E-state index is -3.81. The predicted molar refractivity (Wildman–Crippen MR) is 101 cm³/mol. The second kappa shape index (κ2) is 6.14. The average molecular weight is 417 g/mol. The monoisotopic (exact) mass is 417 g/mol. The van der Waals surface area contributed by atoms with Gasteiger partial charge in [0.2, 0.25) is 21.8 Å². The lowest BCUT2D eigenvalue weighted by Gasteiger charge is -2.42. The minimum absolute atomic E-state index is 0.0387. The molecule has 0 bridgehead atoms. The van der Waals surface area contributed by atoms with Crippen LogP contribution in [0.4, 0.5) is 0 Å². The molecule has 2 atom stereocenters. The number of carbonyl (C=O) groups excluding carboxylic acids is 2. The molecule has 2 aromatic rings. The van der Waals surface area contributed by atoms with E-state index in [1.54, 1.807) is 0 Å². The van der Waals surface area contributed by atoms with E-state index in [-0.39, 0.29) is 41.6 Å². The van der Waals surface area contributed by atoms with Crippen LogP contribution in [0.3, 0.4) is 0 Å². The van der Waals surface area contributed by atoms with Gasteiger partial charge in [-0.25, -0.2) is 13.2 Å². The van der Waals surface area contributed by atoms with E-state index in [0.29, 0.717) is 23.9 Å². The number of rotatable bonds is 3. The Labute approximate surface area is 166 Å². The molecule has 0 spiro atoms. The van der Waals surface area contributed by atoms with Crippen molar-refractivity contribution in [1.82, 2.24) is 13.8 Å². The van der Waals surface area contributed by atoms with E-state index >= 15 is 0 Å². The molecule has 10 heteroatoms. The highest BCUT2D eigenvalue weighted by molar-refractivity contribution is 7.89. The first-order valence-corrected chi connectivity index (χ1v) is 10.8. The first-order chi connectivity index (χ1) is 13.8. The van der Waals surface area contributed by atoms with Crippen LogP contribution in [0.1, 0.15) is 12.8 Å². The zero-order valence-corrected chi connectivity index (χ0v) is 16.5. The number of aromatic nitrogens is 1. The number of carbonyl (C=O) groups is 2. The Kier molecular flexibility index (Phi) is 3.88. The van der Waals surface area contributed by atoms with E-state index < -0.39 is 21.8 Å². The minimum Gasteiger partial charge on any atom is -0.408 e. The summed E-state index contributed by atoms with van der Waals surface area (Å²) in [4.78, 5) is 38.3. The largest absolute Gasteiger partial charge is 0.419 e. The topological polar surface area (TPSA) is 110 Å². The fourth-order valence-electron chi connectivity index (χ4n) is 4.38. The SMILES string of the molecule is Cn1c(=O)oc2ccc(S(=O)(=O)N3CC(N4C(=O)[C@H]5CC=CC[C@@H]5C4=O)C3)cc21. The molecule has 2 fully saturated rings. The van der Waals surface area contributed by atoms with E-state index in [9.17, 15) is 22.8 Å². The van der Waals surface area contributed by atoms with Crippen molar-refractivity contribution in [1.29, 1.82) is 0 Å². The number of likely N-dealkylation sites (tertiary alicyclic amines) is 1. The summed E-state index contributed by atoms with van der Waals surface area (Å²) in [6.07, 6.45) is 4.97. The van der Waals surface area contributed by atoms with Crippen LogP contribution in [0.2, 0.25) is 0 Å². The molecular formula is C19H19N3O6S. The number of fused-ring (bicyclic) bond motifs is 2. The zero-order valence-electron chi connectivity index (χ0n) is 15.6. The molecule has 1 aliphatic carbocycles. The van der Waals surface area contributed by atoms with Crippen molar-refractivity contribution in [3.8, 4) is 0 Å². The number of hydrogen-bond donors (Lipinski definition) is 0. The molecule has 2 saturated heterocycles. The number of amides is 2. The maximum Gasteiger partial charge on any atom is 0.419 e. The van der Waals surface area contributed by atoms with Gasteiger partial charge in [0, 0.05) is 20.1 Å². The first kappa shape index (κ1) is 18.3. The molecule has 1 aromatic carbocycles. The molecular weight excluding hydrogens is 398 g/mol. The quantitative estimate of drug-likeness (QED) is 0.530. The van der Waals surface area contributed by atoms with Gasteiger partial charge in [-0.3, -0.25) is 19.1 Å². The van der Waals surface area contributed by atoms with Gasteiger partial charge in [0.15, 0.2) is 5.58 Å². The van der Waals surface area contributed by atoms with Crippen molar-refractivity contribution >= 4 is 32.9 Å². The lowest BCUT2D eigenvalue weighted by atomic mass is 9.85. The second-order valence-electron chi connectivity index (χ2n) is 7.73. The van der Waals surface area contributed by atoms with Crippen molar-refractivity contribution < 1.29 is 22.4 Å². The van der Waals surface area contributed by atoms with Crippen LogP contribution in [-0.2, 0) is 26.7 Å². The van der Waals surface area contributed by atoms with E-state index in [2.05, 4.69) is 0 Å². The highest BCUT2D eigenvalue weighted by Crippen LogP contribution is 2.38. The van der Waals surface area contributed by atoms with Crippen molar-refractivity contribution in [3.63, 3.8) is 0 Å². The number of oxazole rings is 1. The number of hydrogen-bond acceptors (Lipinski definition) is 6. The number of imide groups is 1. The van der Waals surface area contributed by atoms with E-state index in [1.165, 1.54) is 39.0 Å². The van der Waals surface area contributed by atoms with Crippen LogP contribution in [0.5, 0.6) is 0 Å². The van der Waals surface area contributed by atoms with Gasteiger partial charge >= 0.3 is 5.76 Å². The van der Waals surface area contributed by atoms with Crippen LogP contribution in [0.25, 0.3) is 11.1 Å². The van der Waals surface area contributed by atoms with Crippen LogP contribution < -0.4 is 5.76 Å². The fourth-order valence-corrected chi connectivity index (χ4v) is 5.91. The van der Waals surface area contributed by atoms with Crippen LogP contribution in [-0.4, -0.2) is 53.1 Å². The molecule has 2 aliphatic heterocycles. The Hall–Kier alpha value is -2.72. The Bertz CT molecular complexity index is 1210. The van der Waals surface area contributed by atoms with Gasteiger partial charge in [0.1, 0.15) is 0 Å². The zero-order chi connectivity index (χ0) is 20.5. The average Bonchev–Trinajstić information content (AvgIpc) is 3.09. The van der Waals surface area contributed by atoms with Crippen molar-refractivity contribution in [3.05, 3.63) is 40.9 Å². The summed E-state index contributed by atoms with van der Waals surface area (Å²) in [6.45, 7) is 0.157. The molecule has 9 nitrogen and oxygen atoms in total. The Morgan fingerprint density at radius 1 is 1.00 bits per heavy atom. The van der Waals surface area contributed by atoms with Gasteiger partial charge < -0.3 is 4.42 Å². The van der Waals surface area contributed by atoms with Gasteiger partial charge in [-0.2, -0.15) is 4.31 Å². The van der Waals surface area contributed by atoms with Crippen LogP contribution >= 0.6 is 0 Å². The fraction of sp³-hybridized carbons (Fsp3) is 0.421. The van der Waals surface area contributed by atoms with Gasteiger partial charge in [-0.15, -0.1) is 0 Å². The molecule has 1 aromatic heterocycles. The third-order valence-corrected chi connectivity index (χ3v) is 7.96. The van der Waals surface area contributed by atoms with Gasteiger partial charge in [0.25, 0.3) is 0 Å². The maximum absolute atomic E-state index is 13.0. The van der Waals surface area contributed by atoms with Crippen LogP contribution in [0, 0.1) is 11.8 Å². The summed E-state index contributed by atoms with van der Waals surface area (Å²) in [6, 6.07) is 3.80. The molecule has 0 unspecified atom stereocenters. The molecule has 29 heavy (non-hydrogen) atoms.